The second-order valence-corrected chi connectivity index (χ2v) is 4.44. The standard InChI is InChI=1S/C12H12F2N6O2/c1-19(2)18-12-10(20(21)22)11(15-6-16-12)17-7-3-4-8(13)9(14)5-7/h3-6H,1-2H3,(H2,15,16,17,18). The van der Waals surface area contributed by atoms with Crippen molar-refractivity contribution >= 4 is 23.0 Å². The summed E-state index contributed by atoms with van der Waals surface area (Å²) in [4.78, 5) is 18.1. The summed E-state index contributed by atoms with van der Waals surface area (Å²) >= 11 is 0. The average Bonchev–Trinajstić information content (AvgIpc) is 2.42. The minimum atomic E-state index is -1.08. The minimum absolute atomic E-state index is 0.0323. The van der Waals surface area contributed by atoms with E-state index >= 15 is 0 Å². The average molecular weight is 310 g/mol. The first-order valence-electron chi connectivity index (χ1n) is 6.04. The first kappa shape index (κ1) is 15.5. The Morgan fingerprint density at radius 1 is 1.18 bits per heavy atom. The summed E-state index contributed by atoms with van der Waals surface area (Å²) < 4.78 is 26.1. The number of rotatable bonds is 5. The molecule has 2 rings (SSSR count). The molecule has 0 saturated carbocycles. The van der Waals surface area contributed by atoms with E-state index in [1.165, 1.54) is 11.1 Å². The van der Waals surface area contributed by atoms with E-state index in [0.717, 1.165) is 18.5 Å². The highest BCUT2D eigenvalue weighted by molar-refractivity contribution is 5.73. The predicted octanol–water partition coefficient (Wildman–Crippen LogP) is 2.30. The molecule has 116 valence electrons. The van der Waals surface area contributed by atoms with Crippen molar-refractivity contribution in [1.29, 1.82) is 0 Å². The van der Waals surface area contributed by atoms with Gasteiger partial charge in [-0.1, -0.05) is 0 Å². The lowest BCUT2D eigenvalue weighted by Gasteiger charge is -2.14. The van der Waals surface area contributed by atoms with Gasteiger partial charge in [0.1, 0.15) is 6.33 Å². The third-order valence-corrected chi connectivity index (χ3v) is 2.52. The van der Waals surface area contributed by atoms with Crippen LogP contribution in [-0.4, -0.2) is 34.0 Å². The van der Waals surface area contributed by atoms with Crippen LogP contribution in [0.15, 0.2) is 24.5 Å². The van der Waals surface area contributed by atoms with Gasteiger partial charge in [0.2, 0.25) is 11.6 Å². The molecule has 0 radical (unpaired) electrons. The Hall–Kier alpha value is -2.88. The molecule has 0 aliphatic rings. The smallest absolute Gasteiger partial charge is 0.334 e. The largest absolute Gasteiger partial charge is 0.354 e. The Bertz CT molecular complexity index is 710. The molecule has 0 unspecified atom stereocenters. The first-order valence-corrected chi connectivity index (χ1v) is 6.04. The number of nitrogens with one attached hydrogen (secondary N) is 2. The van der Waals surface area contributed by atoms with Gasteiger partial charge in [-0.15, -0.1) is 0 Å². The van der Waals surface area contributed by atoms with Crippen molar-refractivity contribution < 1.29 is 13.7 Å². The van der Waals surface area contributed by atoms with Crippen LogP contribution in [0.4, 0.5) is 31.8 Å². The molecule has 0 aliphatic carbocycles. The van der Waals surface area contributed by atoms with E-state index in [1.807, 2.05) is 0 Å². The van der Waals surface area contributed by atoms with Crippen LogP contribution in [0.5, 0.6) is 0 Å². The molecule has 0 amide bonds. The van der Waals surface area contributed by atoms with Gasteiger partial charge >= 0.3 is 5.69 Å². The van der Waals surface area contributed by atoms with Crippen molar-refractivity contribution in [3.63, 3.8) is 0 Å². The van der Waals surface area contributed by atoms with E-state index in [1.54, 1.807) is 14.1 Å². The Balaban J connectivity index is 2.41. The van der Waals surface area contributed by atoms with Gasteiger partial charge < -0.3 is 5.32 Å². The molecule has 0 atom stereocenters. The Kier molecular flexibility index (Phi) is 4.41. The van der Waals surface area contributed by atoms with Crippen LogP contribution in [0.3, 0.4) is 0 Å². The SMILES string of the molecule is CN(C)Nc1ncnc(Nc2ccc(F)c(F)c2)c1[N+](=O)[O-]. The fourth-order valence-corrected chi connectivity index (χ4v) is 1.65. The van der Waals surface area contributed by atoms with Crippen molar-refractivity contribution in [2.24, 2.45) is 0 Å². The van der Waals surface area contributed by atoms with Crippen LogP contribution in [-0.2, 0) is 0 Å². The third-order valence-electron chi connectivity index (χ3n) is 2.52. The second kappa shape index (κ2) is 6.26. The molecule has 0 spiro atoms. The molecule has 1 heterocycles. The van der Waals surface area contributed by atoms with E-state index in [0.29, 0.717) is 0 Å². The van der Waals surface area contributed by atoms with Gasteiger partial charge in [0, 0.05) is 25.8 Å². The monoisotopic (exact) mass is 310 g/mol. The summed E-state index contributed by atoms with van der Waals surface area (Å²) in [5.74, 6) is -2.27. The van der Waals surface area contributed by atoms with Crippen LogP contribution in [0.2, 0.25) is 0 Å². The number of hydrazine groups is 1. The van der Waals surface area contributed by atoms with E-state index in [4.69, 9.17) is 0 Å². The summed E-state index contributed by atoms with van der Waals surface area (Å²) in [6, 6.07) is 3.02. The molecule has 2 aromatic rings. The molecule has 0 aliphatic heterocycles. The summed E-state index contributed by atoms with van der Waals surface area (Å²) in [7, 11) is 3.27. The summed E-state index contributed by atoms with van der Waals surface area (Å²) in [6.45, 7) is 0. The van der Waals surface area contributed by atoms with Gasteiger partial charge in [-0.3, -0.25) is 15.5 Å². The molecule has 1 aromatic heterocycles. The maximum Gasteiger partial charge on any atom is 0.354 e. The van der Waals surface area contributed by atoms with Crippen molar-refractivity contribution in [3.8, 4) is 0 Å². The van der Waals surface area contributed by atoms with Crippen LogP contribution < -0.4 is 10.7 Å². The number of nitro groups is 1. The van der Waals surface area contributed by atoms with E-state index in [2.05, 4.69) is 20.7 Å². The molecule has 0 bridgehead atoms. The molecule has 2 N–H and O–H groups in total. The van der Waals surface area contributed by atoms with Crippen molar-refractivity contribution in [1.82, 2.24) is 15.0 Å². The molecular formula is C12H12F2N6O2. The quantitative estimate of drug-likeness (QED) is 0.646. The first-order chi connectivity index (χ1) is 10.4. The molecule has 8 nitrogen and oxygen atoms in total. The second-order valence-electron chi connectivity index (χ2n) is 4.44. The lowest BCUT2D eigenvalue weighted by Crippen LogP contribution is -2.21. The number of anilines is 3. The van der Waals surface area contributed by atoms with Gasteiger partial charge in [-0.05, 0) is 12.1 Å². The number of halogens is 2. The zero-order chi connectivity index (χ0) is 16.3. The van der Waals surface area contributed by atoms with Crippen LogP contribution in [0, 0.1) is 21.7 Å². The van der Waals surface area contributed by atoms with Crippen molar-refractivity contribution in [2.45, 2.75) is 0 Å². The van der Waals surface area contributed by atoms with Gasteiger partial charge in [-0.25, -0.2) is 23.8 Å². The molecule has 1 aromatic carbocycles. The highest BCUT2D eigenvalue weighted by Gasteiger charge is 2.23. The van der Waals surface area contributed by atoms with E-state index in [9.17, 15) is 18.9 Å². The Morgan fingerprint density at radius 3 is 2.45 bits per heavy atom. The fraction of sp³-hybridized carbons (Fsp3) is 0.167. The minimum Gasteiger partial charge on any atom is -0.334 e. The van der Waals surface area contributed by atoms with Gasteiger partial charge in [-0.2, -0.15) is 0 Å². The summed E-state index contributed by atoms with van der Waals surface area (Å²) in [6.07, 6.45) is 1.11. The predicted molar refractivity (Wildman–Crippen MR) is 75.6 cm³/mol. The van der Waals surface area contributed by atoms with E-state index in [-0.39, 0.29) is 17.3 Å². The Morgan fingerprint density at radius 2 is 1.86 bits per heavy atom. The maximum absolute atomic E-state index is 13.2. The van der Waals surface area contributed by atoms with Crippen LogP contribution in [0.25, 0.3) is 0 Å². The maximum atomic E-state index is 13.2. The molecule has 0 fully saturated rings. The van der Waals surface area contributed by atoms with Gasteiger partial charge in [0.25, 0.3) is 0 Å². The normalized spacial score (nSPS) is 10.6. The molecule has 0 saturated heterocycles. The number of hydrogen-bond donors (Lipinski definition) is 2. The van der Waals surface area contributed by atoms with Crippen LogP contribution in [0.1, 0.15) is 0 Å². The number of aromatic nitrogens is 2. The summed E-state index contributed by atoms with van der Waals surface area (Å²) in [5, 5.41) is 15.3. The van der Waals surface area contributed by atoms with Crippen molar-refractivity contribution in [2.75, 3.05) is 24.8 Å². The zero-order valence-electron chi connectivity index (χ0n) is 11.7. The molecule has 10 heteroatoms. The summed E-state index contributed by atoms with van der Waals surface area (Å²) in [5.41, 5.74) is 2.37. The van der Waals surface area contributed by atoms with Crippen molar-refractivity contribution in [3.05, 3.63) is 46.3 Å². The van der Waals surface area contributed by atoms with E-state index < -0.39 is 22.2 Å². The highest BCUT2D eigenvalue weighted by atomic mass is 19.2. The lowest BCUT2D eigenvalue weighted by atomic mass is 10.3. The molecular weight excluding hydrogens is 298 g/mol. The number of nitrogens with zero attached hydrogens (tertiary/aromatic N) is 4. The highest BCUT2D eigenvalue weighted by Crippen LogP contribution is 2.31. The van der Waals surface area contributed by atoms with Gasteiger partial charge in [0.05, 0.1) is 4.92 Å². The molecule has 22 heavy (non-hydrogen) atoms. The number of hydrogen-bond acceptors (Lipinski definition) is 7. The lowest BCUT2D eigenvalue weighted by molar-refractivity contribution is -0.383. The third kappa shape index (κ3) is 3.41. The zero-order valence-corrected chi connectivity index (χ0v) is 11.7. The topological polar surface area (TPSA) is 96.2 Å². The Labute approximate surface area is 123 Å². The van der Waals surface area contributed by atoms with Crippen LogP contribution >= 0.6 is 0 Å². The fourth-order valence-electron chi connectivity index (χ4n) is 1.65. The number of benzene rings is 1. The van der Waals surface area contributed by atoms with Gasteiger partial charge in [0.15, 0.2) is 11.6 Å².